The van der Waals surface area contributed by atoms with E-state index in [1.807, 2.05) is 0 Å². The van der Waals surface area contributed by atoms with Gasteiger partial charge >= 0.3 is 5.97 Å². The van der Waals surface area contributed by atoms with Crippen molar-refractivity contribution in [3.05, 3.63) is 11.5 Å². The Bertz CT molecular complexity index is 1250. The van der Waals surface area contributed by atoms with Crippen LogP contribution in [-0.2, 0) is 9.53 Å². The first-order valence-corrected chi connectivity index (χ1v) is 35.0. The molecule has 0 aliphatic carbocycles. The Morgan fingerprint density at radius 2 is 0.500 bits per heavy atom. The first-order chi connectivity index (χ1) is 37.2. The fraction of sp³-hybridized carbons (Fsp3) is 0.957. The van der Waals surface area contributed by atoms with E-state index in [1.54, 1.807) is 0 Å². The van der Waals surface area contributed by atoms with Crippen LogP contribution in [0.5, 0.6) is 0 Å². The molecule has 2 atom stereocenters. The van der Waals surface area contributed by atoms with Crippen LogP contribution < -0.4 is 0 Å². The Hall–Kier alpha value is -1.27. The van der Waals surface area contributed by atoms with Crippen molar-refractivity contribution in [2.45, 2.75) is 430 Å². The lowest BCUT2D eigenvalue weighted by atomic mass is 9.62. The molecule has 0 unspecified atom stereocenters. The zero-order valence-corrected chi connectivity index (χ0v) is 52.0. The number of aliphatic hydroxyl groups is 4. The van der Waals surface area contributed by atoms with Gasteiger partial charge in [0, 0.05) is 0 Å². The van der Waals surface area contributed by atoms with E-state index in [0.29, 0.717) is 25.7 Å². The van der Waals surface area contributed by atoms with Crippen LogP contribution >= 0.6 is 0 Å². The van der Waals surface area contributed by atoms with E-state index in [9.17, 15) is 25.2 Å². The van der Waals surface area contributed by atoms with Crippen molar-refractivity contribution in [3.8, 4) is 0 Å². The molecule has 0 saturated heterocycles. The summed E-state index contributed by atoms with van der Waals surface area (Å²) in [5, 5.41) is 50.2. The summed E-state index contributed by atoms with van der Waals surface area (Å²) in [7, 11) is 0. The lowest BCUT2D eigenvalue weighted by molar-refractivity contribution is -0.256. The number of esters is 1. The monoisotopic (exact) mass is 1070 g/mol. The zero-order valence-electron chi connectivity index (χ0n) is 52.0. The van der Waals surface area contributed by atoms with Crippen molar-refractivity contribution in [2.24, 2.45) is 0 Å². The average molecular weight is 1070 g/mol. The minimum absolute atomic E-state index is 0.196. The van der Waals surface area contributed by atoms with Crippen molar-refractivity contribution >= 4 is 5.97 Å². The first-order valence-electron chi connectivity index (χ1n) is 35.0. The molecule has 452 valence electrons. The zero-order chi connectivity index (χ0) is 55.4. The number of carbonyl (C=O) groups is 1. The van der Waals surface area contributed by atoms with Gasteiger partial charge < -0.3 is 25.2 Å². The van der Waals surface area contributed by atoms with Gasteiger partial charge in [-0.25, -0.2) is 4.79 Å². The highest BCUT2D eigenvalue weighted by atomic mass is 16.6. The maximum absolute atomic E-state index is 13.7. The van der Waals surface area contributed by atoms with Crippen LogP contribution in [0.1, 0.15) is 413 Å². The number of hydrogen-bond acceptors (Lipinski definition) is 6. The van der Waals surface area contributed by atoms with Gasteiger partial charge in [-0.3, -0.25) is 0 Å². The molecule has 0 saturated carbocycles. The number of ether oxygens (including phenoxy) is 1. The lowest BCUT2D eigenvalue weighted by Gasteiger charge is -2.53. The molecule has 1 heterocycles. The normalized spacial score (nSPS) is 15.8. The average Bonchev–Trinajstić information content (AvgIpc) is 3.64. The highest BCUT2D eigenvalue weighted by molar-refractivity contribution is 5.90. The van der Waals surface area contributed by atoms with E-state index in [4.69, 9.17) is 4.74 Å². The molecule has 0 bridgehead atoms. The largest absolute Gasteiger partial charge is 0.505 e. The molecule has 6 heteroatoms. The van der Waals surface area contributed by atoms with E-state index in [2.05, 4.69) is 27.7 Å². The molecular weight excluding hydrogens is 937 g/mol. The molecular formula is C70H136O6. The summed E-state index contributed by atoms with van der Waals surface area (Å²) in [4.78, 5) is 13.4. The Morgan fingerprint density at radius 3 is 0.711 bits per heavy atom. The predicted octanol–water partition coefficient (Wildman–Crippen LogP) is 23.6. The number of cyclic esters (lactones) is 1. The van der Waals surface area contributed by atoms with Crippen LogP contribution in [0.25, 0.3) is 0 Å². The molecule has 0 fully saturated rings. The Balaban J connectivity index is 3.12. The number of carbonyl (C=O) groups excluding carboxylic acids is 1. The summed E-state index contributed by atoms with van der Waals surface area (Å²) in [5.41, 5.74) is -5.40. The molecule has 0 aromatic carbocycles. The molecule has 0 aromatic heterocycles. The molecule has 6 nitrogen and oxygen atoms in total. The maximum atomic E-state index is 13.7. The molecule has 1 aliphatic rings. The van der Waals surface area contributed by atoms with E-state index < -0.39 is 34.3 Å². The molecule has 1 rings (SSSR count). The minimum atomic E-state index is -1.94. The Labute approximate surface area is 475 Å². The smallest absolute Gasteiger partial charge is 0.378 e. The van der Waals surface area contributed by atoms with Crippen LogP contribution in [0.4, 0.5) is 0 Å². The summed E-state index contributed by atoms with van der Waals surface area (Å²) < 4.78 is 6.19. The van der Waals surface area contributed by atoms with Crippen LogP contribution in [0.15, 0.2) is 11.5 Å². The van der Waals surface area contributed by atoms with Crippen LogP contribution in [-0.4, -0.2) is 43.2 Å². The molecule has 0 radical (unpaired) electrons. The van der Waals surface area contributed by atoms with E-state index in [-0.39, 0.29) is 12.8 Å². The third kappa shape index (κ3) is 34.8. The van der Waals surface area contributed by atoms with Crippen molar-refractivity contribution in [2.75, 3.05) is 0 Å². The fourth-order valence-corrected chi connectivity index (χ4v) is 12.9. The van der Waals surface area contributed by atoms with Gasteiger partial charge in [0.15, 0.2) is 5.76 Å². The van der Waals surface area contributed by atoms with E-state index >= 15 is 0 Å². The number of rotatable bonds is 62. The third-order valence-electron chi connectivity index (χ3n) is 18.2. The standard InChI is InChI=1S/C70H136O6/c1-5-9-13-17-21-25-29-33-37-41-45-49-53-57-61-68(74,62-58-54-50-46-42-38-34-30-26-22-18-14-10-6-2)70(75,64-60-56-52-48-44-40-36-32-28-24-20-16-12-8-4)69(66(72)65(71)67(73)76-69)63-59-55-51-47-43-39-35-31-27-23-19-15-11-7-3/h71-72,74-75H,5-64H2,1-4H3/t69-,70-/m0/s1. The summed E-state index contributed by atoms with van der Waals surface area (Å²) in [6.07, 6.45) is 70.1. The fourth-order valence-electron chi connectivity index (χ4n) is 12.9. The highest BCUT2D eigenvalue weighted by Gasteiger charge is 2.68. The molecule has 76 heavy (non-hydrogen) atoms. The van der Waals surface area contributed by atoms with Crippen molar-refractivity contribution in [1.29, 1.82) is 0 Å². The Morgan fingerprint density at radius 1 is 0.303 bits per heavy atom. The highest BCUT2D eigenvalue weighted by Crippen LogP contribution is 2.53. The molecule has 1 aliphatic heterocycles. The van der Waals surface area contributed by atoms with Gasteiger partial charge in [-0.1, -0.05) is 381 Å². The van der Waals surface area contributed by atoms with Crippen molar-refractivity contribution < 1.29 is 30.0 Å². The SMILES string of the molecule is CCCCCCCCCCCCCCCCC(O)(CCCCCCCCCCCCCCCC)[C@@](O)(CCCCCCCCCCCCCCCC)[C@@]1(CCCCCCCCCCCCCCCC)OC(=O)C(O)=C1O. The second-order valence-corrected chi connectivity index (χ2v) is 25.2. The summed E-state index contributed by atoms with van der Waals surface area (Å²) in [6, 6.07) is 0. The van der Waals surface area contributed by atoms with Gasteiger partial charge in [-0.2, -0.15) is 0 Å². The van der Waals surface area contributed by atoms with E-state index in [1.165, 1.54) is 270 Å². The Kier molecular flexibility index (Phi) is 49.6. The number of unbranched alkanes of at least 4 members (excludes halogenated alkanes) is 52. The van der Waals surface area contributed by atoms with Gasteiger partial charge in [-0.15, -0.1) is 0 Å². The second kappa shape index (κ2) is 51.8. The molecule has 0 spiro atoms. The third-order valence-corrected chi connectivity index (χ3v) is 18.2. The van der Waals surface area contributed by atoms with Crippen LogP contribution in [0.3, 0.4) is 0 Å². The molecule has 0 aromatic rings. The minimum Gasteiger partial charge on any atom is -0.505 e. The van der Waals surface area contributed by atoms with Gasteiger partial charge in [-0.05, 0) is 32.1 Å². The quantitative estimate of drug-likeness (QED) is 0.0357. The van der Waals surface area contributed by atoms with Crippen molar-refractivity contribution in [3.63, 3.8) is 0 Å². The predicted molar refractivity (Wildman–Crippen MR) is 331 cm³/mol. The summed E-state index contributed by atoms with van der Waals surface area (Å²) in [5.74, 6) is -2.32. The number of hydrogen-bond donors (Lipinski definition) is 4. The van der Waals surface area contributed by atoms with Crippen LogP contribution in [0, 0.1) is 0 Å². The van der Waals surface area contributed by atoms with Crippen LogP contribution in [0.2, 0.25) is 0 Å². The number of aliphatic hydroxyl groups excluding tert-OH is 2. The molecule has 0 amide bonds. The summed E-state index contributed by atoms with van der Waals surface area (Å²) >= 11 is 0. The lowest BCUT2D eigenvalue weighted by Crippen LogP contribution is -2.68. The second-order valence-electron chi connectivity index (χ2n) is 25.2. The van der Waals surface area contributed by atoms with Crippen molar-refractivity contribution in [1.82, 2.24) is 0 Å². The summed E-state index contributed by atoms with van der Waals surface area (Å²) in [6.45, 7) is 9.12. The van der Waals surface area contributed by atoms with Gasteiger partial charge in [0.1, 0.15) is 5.60 Å². The maximum Gasteiger partial charge on any atom is 0.378 e. The molecule has 4 N–H and O–H groups in total. The van der Waals surface area contributed by atoms with Gasteiger partial charge in [0.25, 0.3) is 0 Å². The topological polar surface area (TPSA) is 107 Å². The van der Waals surface area contributed by atoms with Gasteiger partial charge in [0.05, 0.1) is 5.60 Å². The first kappa shape index (κ1) is 72.7. The van der Waals surface area contributed by atoms with Gasteiger partial charge in [0.2, 0.25) is 11.4 Å². The van der Waals surface area contributed by atoms with E-state index in [0.717, 1.165) is 77.0 Å².